The van der Waals surface area contributed by atoms with Gasteiger partial charge in [-0.15, -0.1) is 11.3 Å². The van der Waals surface area contributed by atoms with E-state index in [2.05, 4.69) is 4.98 Å². The van der Waals surface area contributed by atoms with E-state index in [9.17, 15) is 5.11 Å². The average molecular weight is 263 g/mol. The summed E-state index contributed by atoms with van der Waals surface area (Å²) in [6.45, 7) is 6.21. The third-order valence-corrected chi connectivity index (χ3v) is 3.64. The lowest BCUT2D eigenvalue weighted by atomic mass is 10.1. The zero-order valence-corrected chi connectivity index (χ0v) is 11.6. The van der Waals surface area contributed by atoms with E-state index in [-0.39, 0.29) is 0 Å². The van der Waals surface area contributed by atoms with Gasteiger partial charge >= 0.3 is 0 Å². The summed E-state index contributed by atoms with van der Waals surface area (Å²) in [5, 5.41) is 12.5. The third-order valence-electron chi connectivity index (χ3n) is 2.70. The molecule has 0 aliphatic rings. The van der Waals surface area contributed by atoms with Crippen LogP contribution in [0.15, 0.2) is 23.6 Å². The van der Waals surface area contributed by atoms with E-state index < -0.39 is 6.10 Å². The first-order chi connectivity index (χ1) is 8.56. The lowest BCUT2D eigenvalue weighted by Crippen LogP contribution is -1.98. The topological polar surface area (TPSA) is 42.4 Å². The van der Waals surface area contributed by atoms with Crippen molar-refractivity contribution in [1.82, 2.24) is 4.98 Å². The molecule has 4 heteroatoms. The molecule has 0 unspecified atom stereocenters. The van der Waals surface area contributed by atoms with Crippen LogP contribution < -0.4 is 4.74 Å². The van der Waals surface area contributed by atoms with Crippen molar-refractivity contribution in [2.75, 3.05) is 0 Å². The second-order valence-electron chi connectivity index (χ2n) is 4.37. The van der Waals surface area contributed by atoms with Crippen molar-refractivity contribution < 1.29 is 9.84 Å². The molecule has 1 aromatic heterocycles. The highest BCUT2D eigenvalue weighted by Gasteiger charge is 2.06. The van der Waals surface area contributed by atoms with E-state index in [1.54, 1.807) is 18.3 Å². The number of aliphatic hydroxyl groups is 1. The van der Waals surface area contributed by atoms with Crippen LogP contribution in [0.5, 0.6) is 5.75 Å². The van der Waals surface area contributed by atoms with Gasteiger partial charge < -0.3 is 9.84 Å². The highest BCUT2D eigenvalue weighted by Crippen LogP contribution is 2.23. The standard InChI is InChI=1S/C14H17NO2S/c1-9-6-12(11(3)16)4-5-13(9)17-7-14-15-10(2)8-18-14/h4-6,8,11,16H,7H2,1-3H3/t11-/m1/s1. The van der Waals surface area contributed by atoms with Crippen LogP contribution >= 0.6 is 11.3 Å². The minimum Gasteiger partial charge on any atom is -0.486 e. The van der Waals surface area contributed by atoms with Gasteiger partial charge in [0, 0.05) is 11.1 Å². The van der Waals surface area contributed by atoms with Gasteiger partial charge in [0.1, 0.15) is 17.4 Å². The van der Waals surface area contributed by atoms with E-state index in [0.29, 0.717) is 6.61 Å². The first-order valence-electron chi connectivity index (χ1n) is 5.88. The molecular formula is C14H17NO2S. The Hall–Kier alpha value is -1.39. The Kier molecular flexibility index (Phi) is 3.99. The Morgan fingerprint density at radius 2 is 2.17 bits per heavy atom. The van der Waals surface area contributed by atoms with Gasteiger partial charge in [-0.3, -0.25) is 0 Å². The molecule has 0 aliphatic heterocycles. The van der Waals surface area contributed by atoms with Gasteiger partial charge in [0.15, 0.2) is 0 Å². The number of thiazole rings is 1. The van der Waals surface area contributed by atoms with Crippen molar-refractivity contribution in [1.29, 1.82) is 0 Å². The van der Waals surface area contributed by atoms with Crippen molar-refractivity contribution in [2.24, 2.45) is 0 Å². The van der Waals surface area contributed by atoms with Crippen LogP contribution in [0.2, 0.25) is 0 Å². The summed E-state index contributed by atoms with van der Waals surface area (Å²) in [6.07, 6.45) is -0.445. The van der Waals surface area contributed by atoms with E-state index in [1.165, 1.54) is 0 Å². The maximum absolute atomic E-state index is 9.50. The predicted molar refractivity (Wildman–Crippen MR) is 73.0 cm³/mol. The Bertz CT molecular complexity index is 534. The zero-order chi connectivity index (χ0) is 13.1. The van der Waals surface area contributed by atoms with E-state index in [4.69, 9.17) is 4.74 Å². The molecule has 0 amide bonds. The molecule has 2 aromatic rings. The number of rotatable bonds is 4. The smallest absolute Gasteiger partial charge is 0.140 e. The van der Waals surface area contributed by atoms with Crippen LogP contribution in [0.4, 0.5) is 0 Å². The molecular weight excluding hydrogens is 246 g/mol. The van der Waals surface area contributed by atoms with Gasteiger partial charge in [0.05, 0.1) is 6.10 Å². The van der Waals surface area contributed by atoms with Crippen LogP contribution in [0.25, 0.3) is 0 Å². The summed E-state index contributed by atoms with van der Waals surface area (Å²) in [5.74, 6) is 0.840. The lowest BCUT2D eigenvalue weighted by molar-refractivity contribution is 0.199. The normalized spacial score (nSPS) is 12.4. The van der Waals surface area contributed by atoms with Crippen molar-refractivity contribution in [3.8, 4) is 5.75 Å². The van der Waals surface area contributed by atoms with Crippen LogP contribution in [0, 0.1) is 13.8 Å². The van der Waals surface area contributed by atoms with Crippen molar-refractivity contribution >= 4 is 11.3 Å². The van der Waals surface area contributed by atoms with Gasteiger partial charge in [-0.25, -0.2) is 4.98 Å². The molecule has 3 nitrogen and oxygen atoms in total. The molecule has 0 bridgehead atoms. The molecule has 96 valence electrons. The Labute approximate surface area is 111 Å². The fourth-order valence-electron chi connectivity index (χ4n) is 1.70. The summed E-state index contributed by atoms with van der Waals surface area (Å²) in [5.41, 5.74) is 2.96. The second kappa shape index (κ2) is 5.50. The van der Waals surface area contributed by atoms with Crippen LogP contribution in [0.1, 0.15) is 34.9 Å². The number of hydrogen-bond donors (Lipinski definition) is 1. The minimum atomic E-state index is -0.445. The predicted octanol–water partition coefficient (Wildman–Crippen LogP) is 3.39. The third kappa shape index (κ3) is 3.09. The van der Waals surface area contributed by atoms with E-state index >= 15 is 0 Å². The highest BCUT2D eigenvalue weighted by atomic mass is 32.1. The molecule has 1 heterocycles. The average Bonchev–Trinajstić information content (AvgIpc) is 2.73. The molecule has 0 saturated carbocycles. The Balaban J connectivity index is 2.05. The first-order valence-corrected chi connectivity index (χ1v) is 6.76. The van der Waals surface area contributed by atoms with Gasteiger partial charge in [-0.1, -0.05) is 6.07 Å². The molecule has 1 atom stereocenters. The van der Waals surface area contributed by atoms with E-state index in [1.807, 2.05) is 37.4 Å². The molecule has 0 spiro atoms. The minimum absolute atomic E-state index is 0.445. The van der Waals surface area contributed by atoms with Gasteiger partial charge in [0.25, 0.3) is 0 Å². The Morgan fingerprint density at radius 1 is 1.39 bits per heavy atom. The van der Waals surface area contributed by atoms with Crippen molar-refractivity contribution in [3.05, 3.63) is 45.4 Å². The number of aryl methyl sites for hydroxylation is 2. The van der Waals surface area contributed by atoms with Gasteiger partial charge in [-0.2, -0.15) is 0 Å². The number of benzene rings is 1. The molecule has 0 saturated heterocycles. The molecule has 0 fully saturated rings. The van der Waals surface area contributed by atoms with Crippen molar-refractivity contribution in [3.63, 3.8) is 0 Å². The summed E-state index contributed by atoms with van der Waals surface area (Å²) >= 11 is 1.61. The number of aliphatic hydroxyl groups excluding tert-OH is 1. The fraction of sp³-hybridized carbons (Fsp3) is 0.357. The maximum atomic E-state index is 9.50. The monoisotopic (exact) mass is 263 g/mol. The second-order valence-corrected chi connectivity index (χ2v) is 5.31. The van der Waals surface area contributed by atoms with Crippen LogP contribution in [0.3, 0.4) is 0 Å². The summed E-state index contributed by atoms with van der Waals surface area (Å²) in [7, 11) is 0. The van der Waals surface area contributed by atoms with Crippen LogP contribution in [-0.4, -0.2) is 10.1 Å². The number of ether oxygens (including phenoxy) is 1. The van der Waals surface area contributed by atoms with Gasteiger partial charge in [0.2, 0.25) is 0 Å². The largest absolute Gasteiger partial charge is 0.486 e. The molecule has 1 N–H and O–H groups in total. The quantitative estimate of drug-likeness (QED) is 0.919. The maximum Gasteiger partial charge on any atom is 0.140 e. The number of nitrogens with zero attached hydrogens (tertiary/aromatic N) is 1. The van der Waals surface area contributed by atoms with E-state index in [0.717, 1.165) is 27.6 Å². The fourth-order valence-corrected chi connectivity index (χ4v) is 2.39. The molecule has 0 aliphatic carbocycles. The number of aromatic nitrogens is 1. The molecule has 18 heavy (non-hydrogen) atoms. The zero-order valence-electron chi connectivity index (χ0n) is 10.8. The Morgan fingerprint density at radius 3 is 2.72 bits per heavy atom. The lowest BCUT2D eigenvalue weighted by Gasteiger charge is -2.11. The summed E-state index contributed by atoms with van der Waals surface area (Å²) < 4.78 is 5.74. The van der Waals surface area contributed by atoms with Crippen LogP contribution in [-0.2, 0) is 6.61 Å². The summed E-state index contributed by atoms with van der Waals surface area (Å²) in [4.78, 5) is 4.35. The first kappa shape index (κ1) is 13.1. The SMILES string of the molecule is Cc1csc(COc2ccc([C@@H](C)O)cc2C)n1. The highest BCUT2D eigenvalue weighted by molar-refractivity contribution is 7.09. The number of hydrogen-bond acceptors (Lipinski definition) is 4. The molecule has 1 aromatic carbocycles. The van der Waals surface area contributed by atoms with Crippen molar-refractivity contribution in [2.45, 2.75) is 33.5 Å². The molecule has 0 radical (unpaired) electrons. The van der Waals surface area contributed by atoms with Gasteiger partial charge in [-0.05, 0) is 44.0 Å². The molecule has 2 rings (SSSR count). The summed E-state index contributed by atoms with van der Waals surface area (Å²) in [6, 6.07) is 5.74.